The topological polar surface area (TPSA) is 58.6 Å². The summed E-state index contributed by atoms with van der Waals surface area (Å²) >= 11 is 0. The van der Waals surface area contributed by atoms with Crippen LogP contribution in [0, 0.1) is 13.8 Å². The molecule has 0 bridgehead atoms. The minimum atomic E-state index is -0.194. The number of carbonyl (C=O) groups excluding carboxylic acids is 1. The molecule has 0 N–H and O–H groups in total. The van der Waals surface area contributed by atoms with E-state index in [-0.39, 0.29) is 12.1 Å². The number of aromatic nitrogens is 2. The van der Waals surface area contributed by atoms with Gasteiger partial charge >= 0.3 is 6.09 Å². The van der Waals surface area contributed by atoms with E-state index in [0.717, 1.165) is 30.4 Å². The molecule has 6 heteroatoms. The highest BCUT2D eigenvalue weighted by atomic mass is 16.6. The number of hydrogen-bond donors (Lipinski definition) is 0. The first-order valence-corrected chi connectivity index (χ1v) is 6.14. The van der Waals surface area contributed by atoms with E-state index in [2.05, 4.69) is 14.9 Å². The Morgan fingerprint density at radius 2 is 2.00 bits per heavy atom. The highest BCUT2D eigenvalue weighted by Gasteiger charge is 2.38. The van der Waals surface area contributed by atoms with Crippen LogP contribution in [0.4, 0.5) is 10.7 Å². The lowest BCUT2D eigenvalue weighted by Crippen LogP contribution is -2.52. The minimum Gasteiger partial charge on any atom is -0.447 e. The summed E-state index contributed by atoms with van der Waals surface area (Å²) < 4.78 is 5.05. The summed E-state index contributed by atoms with van der Waals surface area (Å²) in [6, 6.07) is 2.10. The molecule has 0 aromatic carbocycles. The van der Waals surface area contributed by atoms with Crippen molar-refractivity contribution in [1.82, 2.24) is 14.9 Å². The average molecular weight is 248 g/mol. The molecule has 96 valence electrons. The van der Waals surface area contributed by atoms with Crippen LogP contribution in [0.1, 0.15) is 11.4 Å². The van der Waals surface area contributed by atoms with Crippen molar-refractivity contribution >= 4 is 12.0 Å². The second-order valence-corrected chi connectivity index (χ2v) is 4.82. The van der Waals surface area contributed by atoms with Crippen molar-refractivity contribution in [3.63, 3.8) is 0 Å². The maximum atomic E-state index is 11.4. The van der Waals surface area contributed by atoms with Crippen LogP contribution in [0.3, 0.4) is 0 Å². The fraction of sp³-hybridized carbons (Fsp3) is 0.583. The predicted molar refractivity (Wildman–Crippen MR) is 65.6 cm³/mol. The van der Waals surface area contributed by atoms with Gasteiger partial charge in [0.05, 0.1) is 6.04 Å². The highest BCUT2D eigenvalue weighted by Crippen LogP contribution is 2.21. The van der Waals surface area contributed by atoms with Gasteiger partial charge in [-0.1, -0.05) is 0 Å². The molecule has 3 heterocycles. The Hall–Kier alpha value is -1.85. The number of aryl methyl sites for hydroxylation is 2. The molecule has 1 unspecified atom stereocenters. The first-order chi connectivity index (χ1) is 8.63. The number of hydrogen-bond acceptors (Lipinski definition) is 5. The van der Waals surface area contributed by atoms with Crippen LogP contribution in [0.15, 0.2) is 6.07 Å². The van der Waals surface area contributed by atoms with Crippen LogP contribution in [0.2, 0.25) is 0 Å². The van der Waals surface area contributed by atoms with Crippen molar-refractivity contribution in [2.45, 2.75) is 19.9 Å². The van der Waals surface area contributed by atoms with E-state index in [1.807, 2.05) is 19.9 Å². The lowest BCUT2D eigenvalue weighted by Gasteiger charge is -2.35. The van der Waals surface area contributed by atoms with E-state index >= 15 is 0 Å². The number of nitrogens with zero attached hydrogens (tertiary/aromatic N) is 4. The largest absolute Gasteiger partial charge is 0.447 e. The number of cyclic esters (lactones) is 1. The zero-order valence-corrected chi connectivity index (χ0v) is 10.6. The van der Waals surface area contributed by atoms with Gasteiger partial charge in [0.25, 0.3) is 0 Å². The van der Waals surface area contributed by atoms with Gasteiger partial charge in [0.15, 0.2) is 0 Å². The Balaban J connectivity index is 1.80. The van der Waals surface area contributed by atoms with Crippen molar-refractivity contribution in [3.05, 3.63) is 17.5 Å². The van der Waals surface area contributed by atoms with Crippen molar-refractivity contribution in [1.29, 1.82) is 0 Å². The van der Waals surface area contributed by atoms with Crippen LogP contribution in [-0.2, 0) is 4.74 Å². The second kappa shape index (κ2) is 4.12. The lowest BCUT2D eigenvalue weighted by molar-refractivity contribution is 0.157. The molecule has 1 atom stereocenters. The summed E-state index contributed by atoms with van der Waals surface area (Å²) in [5, 5.41) is 0. The molecule has 0 saturated carbocycles. The third-order valence-electron chi connectivity index (χ3n) is 3.37. The van der Waals surface area contributed by atoms with E-state index in [0.29, 0.717) is 13.2 Å². The fourth-order valence-corrected chi connectivity index (χ4v) is 2.52. The van der Waals surface area contributed by atoms with Gasteiger partial charge in [0, 0.05) is 31.0 Å². The number of carbonyl (C=O) groups is 1. The zero-order chi connectivity index (χ0) is 12.7. The van der Waals surface area contributed by atoms with Crippen molar-refractivity contribution < 1.29 is 9.53 Å². The number of fused-ring (bicyclic) bond motifs is 1. The summed E-state index contributed by atoms with van der Waals surface area (Å²) in [5.41, 5.74) is 1.94. The van der Waals surface area contributed by atoms with Crippen LogP contribution in [0.25, 0.3) is 0 Å². The van der Waals surface area contributed by atoms with Crippen molar-refractivity contribution in [3.8, 4) is 0 Å². The molecular weight excluding hydrogens is 232 g/mol. The van der Waals surface area contributed by atoms with Gasteiger partial charge in [-0.25, -0.2) is 14.8 Å². The Morgan fingerprint density at radius 1 is 1.28 bits per heavy atom. The normalized spacial score (nSPS) is 23.0. The van der Waals surface area contributed by atoms with Gasteiger partial charge in [0.1, 0.15) is 6.61 Å². The van der Waals surface area contributed by atoms with Gasteiger partial charge in [-0.3, -0.25) is 4.90 Å². The molecule has 1 amide bonds. The number of anilines is 1. The smallest absolute Gasteiger partial charge is 0.410 e. The average Bonchev–Trinajstić information content (AvgIpc) is 2.69. The Labute approximate surface area is 106 Å². The standard InChI is InChI=1S/C12H16N4O2/c1-8-5-9(2)14-11(13-8)15-3-4-16-10(6-15)7-18-12(16)17/h5,10H,3-4,6-7H2,1-2H3. The van der Waals surface area contributed by atoms with E-state index < -0.39 is 0 Å². The van der Waals surface area contributed by atoms with E-state index in [1.165, 1.54) is 0 Å². The van der Waals surface area contributed by atoms with Crippen LogP contribution >= 0.6 is 0 Å². The predicted octanol–water partition coefficient (Wildman–Crippen LogP) is 0.734. The first kappa shape index (κ1) is 11.3. The van der Waals surface area contributed by atoms with E-state index in [9.17, 15) is 4.79 Å². The van der Waals surface area contributed by atoms with Crippen molar-refractivity contribution in [2.24, 2.45) is 0 Å². The lowest BCUT2D eigenvalue weighted by atomic mass is 10.2. The summed E-state index contributed by atoms with van der Waals surface area (Å²) in [4.78, 5) is 24.3. The number of piperazine rings is 1. The summed E-state index contributed by atoms with van der Waals surface area (Å²) in [6.07, 6.45) is -0.194. The van der Waals surface area contributed by atoms with Crippen molar-refractivity contribution in [2.75, 3.05) is 31.1 Å². The van der Waals surface area contributed by atoms with Gasteiger partial charge < -0.3 is 9.64 Å². The molecule has 2 fully saturated rings. The highest BCUT2D eigenvalue weighted by molar-refractivity contribution is 5.70. The van der Waals surface area contributed by atoms with E-state index in [4.69, 9.17) is 4.74 Å². The first-order valence-electron chi connectivity index (χ1n) is 6.14. The quantitative estimate of drug-likeness (QED) is 0.733. The zero-order valence-electron chi connectivity index (χ0n) is 10.6. The number of rotatable bonds is 1. The van der Waals surface area contributed by atoms with Crippen LogP contribution in [0.5, 0.6) is 0 Å². The van der Waals surface area contributed by atoms with Crippen LogP contribution in [-0.4, -0.2) is 53.2 Å². The number of ether oxygens (including phenoxy) is 1. The van der Waals surface area contributed by atoms with Gasteiger partial charge in [-0.2, -0.15) is 0 Å². The molecule has 6 nitrogen and oxygen atoms in total. The molecule has 18 heavy (non-hydrogen) atoms. The van der Waals surface area contributed by atoms with Gasteiger partial charge in [0.2, 0.25) is 5.95 Å². The van der Waals surface area contributed by atoms with Gasteiger partial charge in [-0.05, 0) is 19.9 Å². The summed E-state index contributed by atoms with van der Waals surface area (Å²) in [5.74, 6) is 0.756. The van der Waals surface area contributed by atoms with Crippen LogP contribution < -0.4 is 4.90 Å². The second-order valence-electron chi connectivity index (χ2n) is 4.82. The third kappa shape index (κ3) is 1.87. The molecule has 3 rings (SSSR count). The Kier molecular flexibility index (Phi) is 2.57. The summed E-state index contributed by atoms with van der Waals surface area (Å²) in [7, 11) is 0. The SMILES string of the molecule is Cc1cc(C)nc(N2CCN3C(=O)OCC3C2)n1. The fourth-order valence-electron chi connectivity index (χ4n) is 2.52. The monoisotopic (exact) mass is 248 g/mol. The molecule has 2 aliphatic rings. The Bertz CT molecular complexity index is 471. The summed E-state index contributed by atoms with van der Waals surface area (Å²) in [6.45, 7) is 6.59. The molecule has 2 aliphatic heterocycles. The maximum absolute atomic E-state index is 11.4. The molecule has 1 aromatic rings. The molecule has 1 aromatic heterocycles. The Morgan fingerprint density at radius 3 is 2.72 bits per heavy atom. The molecule has 0 aliphatic carbocycles. The molecule has 0 spiro atoms. The molecular formula is C12H16N4O2. The van der Waals surface area contributed by atoms with Gasteiger partial charge in [-0.15, -0.1) is 0 Å². The third-order valence-corrected chi connectivity index (χ3v) is 3.37. The maximum Gasteiger partial charge on any atom is 0.410 e. The molecule has 0 radical (unpaired) electrons. The minimum absolute atomic E-state index is 0.135. The molecule has 2 saturated heterocycles. The van der Waals surface area contributed by atoms with E-state index in [1.54, 1.807) is 4.90 Å². The number of amides is 1.